The lowest BCUT2D eigenvalue weighted by Gasteiger charge is -2.40. The Morgan fingerprint density at radius 3 is 2.30 bits per heavy atom. The van der Waals surface area contributed by atoms with Gasteiger partial charge in [-0.25, -0.2) is 4.79 Å². The van der Waals surface area contributed by atoms with Crippen molar-refractivity contribution in [1.82, 2.24) is 5.32 Å². The summed E-state index contributed by atoms with van der Waals surface area (Å²) in [6.45, 7) is 0. The molecule has 3 heteroatoms. The molecule has 0 atom stereocenters. The first-order valence-electron chi connectivity index (χ1n) is 8.56. The number of benzene rings is 2. The van der Waals surface area contributed by atoms with Crippen LogP contribution in [0.25, 0.3) is 11.1 Å². The Morgan fingerprint density at radius 1 is 0.826 bits per heavy atom. The molecule has 1 heterocycles. The highest BCUT2D eigenvalue weighted by atomic mass is 16.2. The van der Waals surface area contributed by atoms with Crippen molar-refractivity contribution >= 4 is 11.7 Å². The normalized spacial score (nSPS) is 19.4. The van der Waals surface area contributed by atoms with Gasteiger partial charge in [0.2, 0.25) is 0 Å². The second-order valence-electron chi connectivity index (χ2n) is 6.70. The minimum atomic E-state index is -0.195. The van der Waals surface area contributed by atoms with E-state index >= 15 is 0 Å². The van der Waals surface area contributed by atoms with Crippen molar-refractivity contribution in [1.29, 1.82) is 0 Å². The Morgan fingerprint density at radius 2 is 1.57 bits per heavy atom. The van der Waals surface area contributed by atoms with Crippen molar-refractivity contribution in [3.05, 3.63) is 54.1 Å². The van der Waals surface area contributed by atoms with Crippen LogP contribution in [0.5, 0.6) is 0 Å². The highest BCUT2D eigenvalue weighted by Gasteiger charge is 2.39. The molecule has 1 fully saturated rings. The molecule has 4 rings (SSSR count). The Kier molecular flexibility index (Phi) is 3.56. The van der Waals surface area contributed by atoms with Gasteiger partial charge >= 0.3 is 6.03 Å². The first kappa shape index (κ1) is 14.3. The zero-order valence-corrected chi connectivity index (χ0v) is 13.3. The molecule has 1 spiro atoms. The van der Waals surface area contributed by atoms with Gasteiger partial charge in [-0.1, -0.05) is 62.1 Å². The van der Waals surface area contributed by atoms with E-state index < -0.39 is 0 Å². The van der Waals surface area contributed by atoms with Gasteiger partial charge in [-0.05, 0) is 36.1 Å². The van der Waals surface area contributed by atoms with Crippen molar-refractivity contribution in [2.45, 2.75) is 44.1 Å². The van der Waals surface area contributed by atoms with Crippen molar-refractivity contribution in [2.24, 2.45) is 0 Å². The van der Waals surface area contributed by atoms with Gasteiger partial charge in [0.25, 0.3) is 0 Å². The quantitative estimate of drug-likeness (QED) is 0.761. The molecule has 2 amide bonds. The van der Waals surface area contributed by atoms with E-state index in [4.69, 9.17) is 0 Å². The zero-order chi connectivity index (χ0) is 15.7. The van der Waals surface area contributed by atoms with E-state index in [0.29, 0.717) is 0 Å². The van der Waals surface area contributed by atoms with Crippen LogP contribution in [0.2, 0.25) is 0 Å². The van der Waals surface area contributed by atoms with Crippen LogP contribution in [0.15, 0.2) is 48.5 Å². The molecule has 0 bridgehead atoms. The van der Waals surface area contributed by atoms with Gasteiger partial charge < -0.3 is 10.6 Å². The lowest BCUT2D eigenvalue weighted by Crippen LogP contribution is -2.51. The topological polar surface area (TPSA) is 41.1 Å². The van der Waals surface area contributed by atoms with Gasteiger partial charge in [0.1, 0.15) is 0 Å². The number of rotatable bonds is 1. The van der Waals surface area contributed by atoms with Crippen LogP contribution in [0, 0.1) is 0 Å². The Hall–Kier alpha value is -2.29. The molecule has 2 aromatic rings. The van der Waals surface area contributed by atoms with Crippen LogP contribution in [0.4, 0.5) is 10.5 Å². The summed E-state index contributed by atoms with van der Waals surface area (Å²) in [5, 5.41) is 6.24. The summed E-state index contributed by atoms with van der Waals surface area (Å²) in [5.41, 5.74) is 4.46. The van der Waals surface area contributed by atoms with Crippen molar-refractivity contribution < 1.29 is 4.79 Å². The summed E-state index contributed by atoms with van der Waals surface area (Å²) < 4.78 is 0. The summed E-state index contributed by atoms with van der Waals surface area (Å²) >= 11 is 0. The lowest BCUT2D eigenvalue weighted by atomic mass is 9.79. The Balaban J connectivity index is 1.82. The van der Waals surface area contributed by atoms with Gasteiger partial charge in [-0.2, -0.15) is 0 Å². The largest absolute Gasteiger partial charge is 0.328 e. The third-order valence-corrected chi connectivity index (χ3v) is 5.20. The molecule has 0 radical (unpaired) electrons. The molecular weight excluding hydrogens is 284 g/mol. The third kappa shape index (κ3) is 2.61. The number of nitrogens with one attached hydrogen (secondary N) is 2. The number of carbonyl (C=O) groups is 1. The van der Waals surface area contributed by atoms with E-state index in [2.05, 4.69) is 53.1 Å². The monoisotopic (exact) mass is 306 g/mol. The SMILES string of the molecule is O=C1Nc2ccc(-c3ccccc3)cc2C2(CCCCCC2)N1. The predicted octanol–water partition coefficient (Wildman–Crippen LogP) is 5.04. The number of anilines is 1. The molecule has 0 unspecified atom stereocenters. The van der Waals surface area contributed by atoms with Crippen LogP contribution in [0.1, 0.15) is 44.1 Å². The van der Waals surface area contributed by atoms with Crippen LogP contribution in [-0.4, -0.2) is 6.03 Å². The van der Waals surface area contributed by atoms with Gasteiger partial charge in [-0.15, -0.1) is 0 Å². The fourth-order valence-electron chi connectivity index (χ4n) is 4.02. The lowest BCUT2D eigenvalue weighted by molar-refractivity contribution is 0.225. The van der Waals surface area contributed by atoms with E-state index in [0.717, 1.165) is 18.5 Å². The molecule has 1 saturated carbocycles. The molecule has 2 aromatic carbocycles. The van der Waals surface area contributed by atoms with E-state index in [1.165, 1.54) is 42.4 Å². The molecule has 0 aromatic heterocycles. The standard InChI is InChI=1S/C20H22N2O/c23-19-21-18-11-10-16(15-8-4-3-5-9-15)14-17(18)20(22-19)12-6-1-2-7-13-20/h3-5,8-11,14H,1-2,6-7,12-13H2,(H2,21,22,23). The van der Waals surface area contributed by atoms with Crippen LogP contribution in [0.3, 0.4) is 0 Å². The van der Waals surface area contributed by atoms with E-state index in [-0.39, 0.29) is 11.6 Å². The van der Waals surface area contributed by atoms with Gasteiger partial charge in [0.15, 0.2) is 0 Å². The molecule has 1 aliphatic carbocycles. The maximum atomic E-state index is 12.1. The average Bonchev–Trinajstić information content (AvgIpc) is 2.81. The number of hydrogen-bond acceptors (Lipinski definition) is 1. The van der Waals surface area contributed by atoms with Crippen molar-refractivity contribution in [3.63, 3.8) is 0 Å². The molecule has 2 aliphatic rings. The highest BCUT2D eigenvalue weighted by molar-refractivity contribution is 5.94. The molecule has 1 aliphatic heterocycles. The number of hydrogen-bond donors (Lipinski definition) is 2. The van der Waals surface area contributed by atoms with Crippen LogP contribution < -0.4 is 10.6 Å². The number of fused-ring (bicyclic) bond motifs is 2. The van der Waals surface area contributed by atoms with E-state index in [9.17, 15) is 4.79 Å². The molecule has 3 nitrogen and oxygen atoms in total. The predicted molar refractivity (Wildman–Crippen MR) is 93.4 cm³/mol. The summed E-state index contributed by atoms with van der Waals surface area (Å²) in [4.78, 5) is 12.1. The second-order valence-corrected chi connectivity index (χ2v) is 6.70. The maximum absolute atomic E-state index is 12.1. The van der Waals surface area contributed by atoms with Crippen LogP contribution >= 0.6 is 0 Å². The summed E-state index contributed by atoms with van der Waals surface area (Å²) in [6.07, 6.45) is 6.94. The molecule has 118 valence electrons. The zero-order valence-electron chi connectivity index (χ0n) is 13.3. The summed E-state index contributed by atoms with van der Waals surface area (Å²) in [6, 6.07) is 16.8. The van der Waals surface area contributed by atoms with Gasteiger partial charge in [-0.3, -0.25) is 0 Å². The number of urea groups is 1. The maximum Gasteiger partial charge on any atom is 0.319 e. The average molecular weight is 306 g/mol. The summed E-state index contributed by atoms with van der Waals surface area (Å²) in [7, 11) is 0. The minimum absolute atomic E-state index is 0.0631. The molecular formula is C20H22N2O. The number of amides is 2. The Bertz CT molecular complexity index is 716. The number of carbonyl (C=O) groups excluding carboxylic acids is 1. The molecule has 23 heavy (non-hydrogen) atoms. The van der Waals surface area contributed by atoms with Crippen molar-refractivity contribution in [3.8, 4) is 11.1 Å². The fourth-order valence-corrected chi connectivity index (χ4v) is 4.02. The second kappa shape index (κ2) is 5.73. The van der Waals surface area contributed by atoms with Crippen molar-refractivity contribution in [2.75, 3.05) is 5.32 Å². The van der Waals surface area contributed by atoms with Gasteiger partial charge in [0.05, 0.1) is 5.54 Å². The van der Waals surface area contributed by atoms with E-state index in [1.54, 1.807) is 0 Å². The van der Waals surface area contributed by atoms with Crippen LogP contribution in [-0.2, 0) is 5.54 Å². The molecule has 0 saturated heterocycles. The first-order chi connectivity index (χ1) is 11.3. The Labute approximate surface area is 137 Å². The third-order valence-electron chi connectivity index (χ3n) is 5.20. The smallest absolute Gasteiger partial charge is 0.319 e. The summed E-state index contributed by atoms with van der Waals surface area (Å²) in [5.74, 6) is 0. The first-order valence-corrected chi connectivity index (χ1v) is 8.56. The minimum Gasteiger partial charge on any atom is -0.328 e. The van der Waals surface area contributed by atoms with Gasteiger partial charge in [0, 0.05) is 11.3 Å². The molecule has 2 N–H and O–H groups in total. The van der Waals surface area contributed by atoms with E-state index in [1.807, 2.05) is 6.07 Å². The fraction of sp³-hybridized carbons (Fsp3) is 0.350. The highest BCUT2D eigenvalue weighted by Crippen LogP contribution is 2.43.